The minimum Gasteiger partial charge on any atom is -0.379 e. The number of nitrogens with one attached hydrogen (secondary N) is 1. The van der Waals surface area contributed by atoms with Crippen LogP contribution >= 0.6 is 0 Å². The number of benzene rings is 1. The van der Waals surface area contributed by atoms with E-state index in [-0.39, 0.29) is 29.2 Å². The standard InChI is InChI=1S/C15H18F3NO/c1-15(2)13(9-4-3-5-20-14(9)15)19-11-7-8(16)6-10(17)12(11)18/h6-7,9,13-14,19H,3-5H2,1-2H3. The highest BCUT2D eigenvalue weighted by atomic mass is 19.2. The number of halogens is 3. The summed E-state index contributed by atoms with van der Waals surface area (Å²) in [5.41, 5.74) is -0.287. The van der Waals surface area contributed by atoms with Crippen LogP contribution < -0.4 is 5.32 Å². The monoisotopic (exact) mass is 285 g/mol. The van der Waals surface area contributed by atoms with E-state index in [0.717, 1.165) is 25.5 Å². The van der Waals surface area contributed by atoms with Gasteiger partial charge in [-0.3, -0.25) is 0 Å². The molecule has 0 aromatic heterocycles. The molecule has 2 nitrogen and oxygen atoms in total. The molecule has 0 amide bonds. The average molecular weight is 285 g/mol. The molecule has 1 aromatic carbocycles. The molecule has 1 heterocycles. The molecule has 3 atom stereocenters. The van der Waals surface area contributed by atoms with Crippen molar-refractivity contribution >= 4 is 5.69 Å². The Kier molecular flexibility index (Phi) is 3.20. The van der Waals surface area contributed by atoms with Crippen LogP contribution in [0.2, 0.25) is 0 Å². The van der Waals surface area contributed by atoms with Crippen LogP contribution in [0.1, 0.15) is 26.7 Å². The van der Waals surface area contributed by atoms with Crippen molar-refractivity contribution in [2.24, 2.45) is 11.3 Å². The van der Waals surface area contributed by atoms with Gasteiger partial charge in [0.25, 0.3) is 0 Å². The molecule has 1 saturated carbocycles. The summed E-state index contributed by atoms with van der Waals surface area (Å²) < 4.78 is 46.0. The maximum Gasteiger partial charge on any atom is 0.182 e. The molecule has 2 fully saturated rings. The Morgan fingerprint density at radius 2 is 2.00 bits per heavy atom. The van der Waals surface area contributed by atoms with Crippen molar-refractivity contribution in [1.29, 1.82) is 0 Å². The molecule has 0 bridgehead atoms. The second-order valence-corrected chi connectivity index (χ2v) is 6.29. The number of hydrogen-bond donors (Lipinski definition) is 1. The lowest BCUT2D eigenvalue weighted by molar-refractivity contribution is -0.177. The number of ether oxygens (including phenoxy) is 1. The minimum atomic E-state index is -1.17. The Hall–Kier alpha value is -1.23. The van der Waals surface area contributed by atoms with Gasteiger partial charge in [0.05, 0.1) is 11.8 Å². The van der Waals surface area contributed by atoms with Crippen LogP contribution in [-0.2, 0) is 4.74 Å². The predicted molar refractivity (Wildman–Crippen MR) is 70.0 cm³/mol. The van der Waals surface area contributed by atoms with Crippen molar-refractivity contribution < 1.29 is 17.9 Å². The summed E-state index contributed by atoms with van der Waals surface area (Å²) in [6.07, 6.45) is 2.09. The van der Waals surface area contributed by atoms with Gasteiger partial charge in [-0.1, -0.05) is 13.8 Å². The van der Waals surface area contributed by atoms with Crippen molar-refractivity contribution in [3.63, 3.8) is 0 Å². The summed E-state index contributed by atoms with van der Waals surface area (Å²) in [6.45, 7) is 4.82. The van der Waals surface area contributed by atoms with Crippen LogP contribution in [-0.4, -0.2) is 18.8 Å². The van der Waals surface area contributed by atoms with E-state index in [9.17, 15) is 13.2 Å². The van der Waals surface area contributed by atoms with Gasteiger partial charge in [0.15, 0.2) is 11.6 Å². The van der Waals surface area contributed by atoms with Crippen molar-refractivity contribution in [3.05, 3.63) is 29.6 Å². The fourth-order valence-electron chi connectivity index (χ4n) is 3.64. The van der Waals surface area contributed by atoms with E-state index in [0.29, 0.717) is 6.07 Å². The molecule has 1 N–H and O–H groups in total. The van der Waals surface area contributed by atoms with Gasteiger partial charge in [0.2, 0.25) is 0 Å². The first-order chi connectivity index (χ1) is 9.41. The fraction of sp³-hybridized carbons (Fsp3) is 0.600. The summed E-state index contributed by atoms with van der Waals surface area (Å²) in [5.74, 6) is -2.70. The number of rotatable bonds is 2. The maximum absolute atomic E-state index is 13.7. The topological polar surface area (TPSA) is 21.3 Å². The molecule has 2 aliphatic rings. The third-order valence-electron chi connectivity index (χ3n) is 4.64. The molecular weight excluding hydrogens is 267 g/mol. The van der Waals surface area contributed by atoms with Gasteiger partial charge in [-0.05, 0) is 12.8 Å². The second kappa shape index (κ2) is 4.65. The van der Waals surface area contributed by atoms with E-state index in [1.165, 1.54) is 0 Å². The van der Waals surface area contributed by atoms with E-state index < -0.39 is 17.5 Å². The van der Waals surface area contributed by atoms with E-state index in [2.05, 4.69) is 5.32 Å². The molecule has 110 valence electrons. The van der Waals surface area contributed by atoms with Crippen LogP contribution in [0, 0.1) is 28.8 Å². The van der Waals surface area contributed by atoms with Gasteiger partial charge >= 0.3 is 0 Å². The maximum atomic E-state index is 13.7. The van der Waals surface area contributed by atoms with Crippen LogP contribution in [0.3, 0.4) is 0 Å². The number of anilines is 1. The summed E-state index contributed by atoms with van der Waals surface area (Å²) in [6, 6.07) is 1.52. The van der Waals surface area contributed by atoms with Gasteiger partial charge in [-0.15, -0.1) is 0 Å². The summed E-state index contributed by atoms with van der Waals surface area (Å²) in [7, 11) is 0. The SMILES string of the molecule is CC1(C)C(Nc2cc(F)cc(F)c2F)C2CCCOC21. The van der Waals surface area contributed by atoms with E-state index >= 15 is 0 Å². The highest BCUT2D eigenvalue weighted by Crippen LogP contribution is 2.52. The first kappa shape index (κ1) is 13.7. The van der Waals surface area contributed by atoms with Crippen LogP contribution in [0.25, 0.3) is 0 Å². The Bertz CT molecular complexity index is 532. The Labute approximate surface area is 116 Å². The third kappa shape index (κ3) is 1.99. The molecule has 0 radical (unpaired) electrons. The first-order valence-electron chi connectivity index (χ1n) is 6.94. The third-order valence-corrected chi connectivity index (χ3v) is 4.64. The van der Waals surface area contributed by atoms with E-state index in [1.807, 2.05) is 13.8 Å². The van der Waals surface area contributed by atoms with Crippen LogP contribution in [0.15, 0.2) is 12.1 Å². The quantitative estimate of drug-likeness (QED) is 0.836. The zero-order valence-corrected chi connectivity index (χ0v) is 11.6. The smallest absolute Gasteiger partial charge is 0.182 e. The molecule has 3 rings (SSSR count). The predicted octanol–water partition coefficient (Wildman–Crippen LogP) is 3.72. The molecule has 5 heteroatoms. The largest absolute Gasteiger partial charge is 0.379 e. The zero-order valence-electron chi connectivity index (χ0n) is 11.6. The summed E-state index contributed by atoms with van der Waals surface area (Å²) in [4.78, 5) is 0. The molecule has 20 heavy (non-hydrogen) atoms. The molecule has 0 spiro atoms. The zero-order chi connectivity index (χ0) is 14.5. The Balaban J connectivity index is 1.84. The van der Waals surface area contributed by atoms with Gasteiger partial charge in [0.1, 0.15) is 5.82 Å². The summed E-state index contributed by atoms with van der Waals surface area (Å²) >= 11 is 0. The van der Waals surface area contributed by atoms with Crippen molar-refractivity contribution in [3.8, 4) is 0 Å². The fourth-order valence-corrected chi connectivity index (χ4v) is 3.64. The van der Waals surface area contributed by atoms with Gasteiger partial charge in [-0.2, -0.15) is 0 Å². The van der Waals surface area contributed by atoms with Crippen molar-refractivity contribution in [2.75, 3.05) is 11.9 Å². The lowest BCUT2D eigenvalue weighted by Crippen LogP contribution is -2.67. The average Bonchev–Trinajstić information content (AvgIpc) is 2.41. The second-order valence-electron chi connectivity index (χ2n) is 6.29. The normalized spacial score (nSPS) is 31.4. The summed E-state index contributed by atoms with van der Waals surface area (Å²) in [5, 5.41) is 2.98. The number of fused-ring (bicyclic) bond motifs is 1. The van der Waals surface area contributed by atoms with Crippen LogP contribution in [0.4, 0.5) is 18.9 Å². The lowest BCUT2D eigenvalue weighted by atomic mass is 9.55. The first-order valence-corrected chi connectivity index (χ1v) is 6.94. The highest BCUT2D eigenvalue weighted by Gasteiger charge is 2.58. The van der Waals surface area contributed by atoms with Gasteiger partial charge < -0.3 is 10.1 Å². The van der Waals surface area contributed by atoms with E-state index in [4.69, 9.17) is 4.74 Å². The van der Waals surface area contributed by atoms with Crippen molar-refractivity contribution in [1.82, 2.24) is 0 Å². The van der Waals surface area contributed by atoms with Gasteiger partial charge in [0, 0.05) is 36.1 Å². The van der Waals surface area contributed by atoms with Crippen LogP contribution in [0.5, 0.6) is 0 Å². The van der Waals surface area contributed by atoms with Gasteiger partial charge in [-0.25, -0.2) is 13.2 Å². The molecule has 3 unspecified atom stereocenters. The lowest BCUT2D eigenvalue weighted by Gasteiger charge is -2.60. The molecule has 1 aromatic rings. The molecular formula is C15H18F3NO. The molecule has 1 aliphatic heterocycles. The molecule has 1 saturated heterocycles. The number of hydrogen-bond acceptors (Lipinski definition) is 2. The van der Waals surface area contributed by atoms with E-state index in [1.54, 1.807) is 0 Å². The van der Waals surface area contributed by atoms with Crippen molar-refractivity contribution in [2.45, 2.75) is 38.8 Å². The minimum absolute atomic E-state index is 0.0384. The Morgan fingerprint density at radius 1 is 1.25 bits per heavy atom. The highest BCUT2D eigenvalue weighted by molar-refractivity contribution is 5.48. The Morgan fingerprint density at radius 3 is 2.75 bits per heavy atom. The molecule has 1 aliphatic carbocycles.